The molecule has 1 N–H and O–H groups in total. The molecule has 0 atom stereocenters. The number of nitrogens with one attached hydrogen (secondary N) is 1. The zero-order chi connectivity index (χ0) is 22.3. The molecule has 0 bridgehead atoms. The minimum atomic E-state index is -0.313. The molecule has 0 fully saturated rings. The van der Waals surface area contributed by atoms with Gasteiger partial charge in [0.25, 0.3) is 0 Å². The summed E-state index contributed by atoms with van der Waals surface area (Å²) in [5.41, 5.74) is 2.48. The van der Waals surface area contributed by atoms with Gasteiger partial charge in [-0.2, -0.15) is 0 Å². The van der Waals surface area contributed by atoms with Gasteiger partial charge in [-0.3, -0.25) is 9.36 Å². The van der Waals surface area contributed by atoms with Gasteiger partial charge < -0.3 is 10.1 Å². The number of anilines is 1. The molecule has 0 aliphatic rings. The first-order chi connectivity index (χ1) is 15.6. The Morgan fingerprint density at radius 2 is 1.81 bits per heavy atom. The third-order valence-corrected chi connectivity index (χ3v) is 5.66. The van der Waals surface area contributed by atoms with Gasteiger partial charge >= 0.3 is 0 Å². The van der Waals surface area contributed by atoms with Crippen molar-refractivity contribution in [2.45, 2.75) is 11.7 Å². The topological polar surface area (TPSA) is 69.0 Å². The third-order valence-electron chi connectivity index (χ3n) is 4.69. The molecule has 0 spiro atoms. The van der Waals surface area contributed by atoms with Gasteiger partial charge in [-0.05, 0) is 42.0 Å². The van der Waals surface area contributed by atoms with E-state index in [2.05, 4.69) is 15.5 Å². The molecule has 0 unspecified atom stereocenters. The number of carbonyl (C=O) groups is 1. The molecule has 6 nitrogen and oxygen atoms in total. The average Bonchev–Trinajstić information content (AvgIpc) is 3.21. The molecule has 8 heteroatoms. The molecule has 0 radical (unpaired) electrons. The summed E-state index contributed by atoms with van der Waals surface area (Å²) in [4.78, 5) is 12.5. The number of benzene rings is 3. The zero-order valence-electron chi connectivity index (χ0n) is 17.4. The largest absolute Gasteiger partial charge is 0.497 e. The lowest BCUT2D eigenvalue weighted by molar-refractivity contribution is -0.113. The van der Waals surface area contributed by atoms with Gasteiger partial charge in [0.1, 0.15) is 11.6 Å². The van der Waals surface area contributed by atoms with Gasteiger partial charge in [0.15, 0.2) is 11.0 Å². The Hall–Kier alpha value is -3.65. The van der Waals surface area contributed by atoms with Gasteiger partial charge in [-0.15, -0.1) is 10.2 Å². The Kier molecular flexibility index (Phi) is 6.81. The maximum Gasteiger partial charge on any atom is 0.234 e. The summed E-state index contributed by atoms with van der Waals surface area (Å²) >= 11 is 1.29. The van der Waals surface area contributed by atoms with Crippen molar-refractivity contribution in [3.8, 4) is 17.1 Å². The van der Waals surface area contributed by atoms with Gasteiger partial charge in [0.05, 0.1) is 19.4 Å². The van der Waals surface area contributed by atoms with Crippen LogP contribution in [-0.4, -0.2) is 33.5 Å². The summed E-state index contributed by atoms with van der Waals surface area (Å²) < 4.78 is 20.5. The third kappa shape index (κ3) is 5.33. The van der Waals surface area contributed by atoms with E-state index in [-0.39, 0.29) is 17.5 Å². The molecule has 1 amide bonds. The highest BCUT2D eigenvalue weighted by Gasteiger charge is 2.16. The number of methoxy groups -OCH3 is 1. The molecule has 32 heavy (non-hydrogen) atoms. The molecule has 0 aliphatic carbocycles. The van der Waals surface area contributed by atoms with Crippen LogP contribution >= 0.6 is 11.8 Å². The van der Waals surface area contributed by atoms with Crippen LogP contribution in [0.5, 0.6) is 5.75 Å². The molecule has 1 aromatic heterocycles. The number of halogens is 1. The van der Waals surface area contributed by atoms with Crippen LogP contribution in [0.15, 0.2) is 84.0 Å². The van der Waals surface area contributed by atoms with Crippen LogP contribution < -0.4 is 10.1 Å². The molecule has 0 aliphatic heterocycles. The summed E-state index contributed by atoms with van der Waals surface area (Å²) in [5, 5.41) is 12.1. The minimum Gasteiger partial charge on any atom is -0.497 e. The number of hydrogen-bond donors (Lipinski definition) is 1. The maximum absolute atomic E-state index is 13.4. The smallest absolute Gasteiger partial charge is 0.234 e. The van der Waals surface area contributed by atoms with Crippen molar-refractivity contribution in [2.24, 2.45) is 0 Å². The summed E-state index contributed by atoms with van der Waals surface area (Å²) in [6.07, 6.45) is 0. The number of aromatic nitrogens is 3. The van der Waals surface area contributed by atoms with E-state index in [1.54, 1.807) is 31.4 Å². The van der Waals surface area contributed by atoms with E-state index < -0.39 is 0 Å². The van der Waals surface area contributed by atoms with Gasteiger partial charge in [-0.25, -0.2) is 4.39 Å². The highest BCUT2D eigenvalue weighted by molar-refractivity contribution is 7.99. The van der Waals surface area contributed by atoms with E-state index in [1.807, 2.05) is 47.0 Å². The van der Waals surface area contributed by atoms with E-state index in [1.165, 1.54) is 23.9 Å². The number of ether oxygens (including phenoxy) is 1. The maximum atomic E-state index is 13.4. The van der Waals surface area contributed by atoms with E-state index in [4.69, 9.17) is 4.74 Å². The Morgan fingerprint density at radius 1 is 1.03 bits per heavy atom. The first kappa shape index (κ1) is 21.6. The summed E-state index contributed by atoms with van der Waals surface area (Å²) in [6, 6.07) is 23.2. The van der Waals surface area contributed by atoms with Crippen molar-refractivity contribution in [2.75, 3.05) is 18.2 Å². The summed E-state index contributed by atoms with van der Waals surface area (Å²) in [7, 11) is 1.58. The number of thioether (sulfide) groups is 1. The normalized spacial score (nSPS) is 10.7. The minimum absolute atomic E-state index is 0.160. The molecule has 3 aromatic carbocycles. The van der Waals surface area contributed by atoms with E-state index in [9.17, 15) is 9.18 Å². The number of rotatable bonds is 8. The van der Waals surface area contributed by atoms with Crippen molar-refractivity contribution >= 4 is 23.4 Å². The van der Waals surface area contributed by atoms with Gasteiger partial charge in [0.2, 0.25) is 5.91 Å². The van der Waals surface area contributed by atoms with Gasteiger partial charge in [0, 0.05) is 17.3 Å². The molecular formula is C24H21FN4O2S. The second kappa shape index (κ2) is 10.1. The van der Waals surface area contributed by atoms with E-state index in [0.29, 0.717) is 29.0 Å². The Bertz CT molecular complexity index is 1200. The summed E-state index contributed by atoms with van der Waals surface area (Å²) in [5.74, 6) is 0.965. The fourth-order valence-electron chi connectivity index (χ4n) is 3.14. The second-order valence-electron chi connectivity index (χ2n) is 6.95. The standard InChI is InChI=1S/C24H21FN4O2S/c1-31-21-9-5-8-20(14-21)26-22(30)16-32-24-28-27-23(18-10-12-19(25)13-11-18)29(24)15-17-6-3-2-4-7-17/h2-14H,15-16H2,1H3,(H,26,30). The van der Waals surface area contributed by atoms with Crippen LogP contribution in [0.25, 0.3) is 11.4 Å². The second-order valence-corrected chi connectivity index (χ2v) is 7.90. The van der Waals surface area contributed by atoms with Crippen molar-refractivity contribution < 1.29 is 13.9 Å². The van der Waals surface area contributed by atoms with Crippen LogP contribution in [-0.2, 0) is 11.3 Å². The fraction of sp³-hybridized carbons (Fsp3) is 0.125. The molecule has 0 saturated heterocycles. The average molecular weight is 449 g/mol. The molecule has 1 heterocycles. The SMILES string of the molecule is COc1cccc(NC(=O)CSc2nnc(-c3ccc(F)cc3)n2Cc2ccccc2)c1. The highest BCUT2D eigenvalue weighted by atomic mass is 32.2. The fourth-order valence-corrected chi connectivity index (χ4v) is 3.88. The first-order valence-corrected chi connectivity index (χ1v) is 10.9. The van der Waals surface area contributed by atoms with Gasteiger partial charge in [-0.1, -0.05) is 48.2 Å². The molecule has 4 aromatic rings. The van der Waals surface area contributed by atoms with Crippen LogP contribution in [0, 0.1) is 5.82 Å². The zero-order valence-corrected chi connectivity index (χ0v) is 18.2. The van der Waals surface area contributed by atoms with Crippen LogP contribution in [0.4, 0.5) is 10.1 Å². The van der Waals surface area contributed by atoms with E-state index >= 15 is 0 Å². The Labute approximate surface area is 189 Å². The predicted molar refractivity (Wildman–Crippen MR) is 123 cm³/mol. The molecule has 162 valence electrons. The van der Waals surface area contributed by atoms with Crippen molar-refractivity contribution in [1.29, 1.82) is 0 Å². The number of nitrogens with zero attached hydrogens (tertiary/aromatic N) is 3. The van der Waals surface area contributed by atoms with Crippen molar-refractivity contribution in [1.82, 2.24) is 14.8 Å². The monoisotopic (exact) mass is 448 g/mol. The Morgan fingerprint density at radius 3 is 2.56 bits per heavy atom. The quantitative estimate of drug-likeness (QED) is 0.390. The molecule has 4 rings (SSSR count). The first-order valence-electron chi connectivity index (χ1n) is 9.92. The van der Waals surface area contributed by atoms with Crippen LogP contribution in [0.2, 0.25) is 0 Å². The predicted octanol–water partition coefficient (Wildman–Crippen LogP) is 4.87. The summed E-state index contributed by atoms with van der Waals surface area (Å²) in [6.45, 7) is 0.528. The number of amides is 1. The lowest BCUT2D eigenvalue weighted by Gasteiger charge is -2.11. The molecule has 0 saturated carbocycles. The Balaban J connectivity index is 1.53. The lowest BCUT2D eigenvalue weighted by Crippen LogP contribution is -2.15. The number of carbonyl (C=O) groups excluding carboxylic acids is 1. The van der Waals surface area contributed by atoms with Crippen molar-refractivity contribution in [3.05, 3.63) is 90.2 Å². The van der Waals surface area contributed by atoms with Crippen LogP contribution in [0.3, 0.4) is 0 Å². The molecular weight excluding hydrogens is 427 g/mol. The van der Waals surface area contributed by atoms with Crippen LogP contribution in [0.1, 0.15) is 5.56 Å². The van der Waals surface area contributed by atoms with Crippen molar-refractivity contribution in [3.63, 3.8) is 0 Å². The lowest BCUT2D eigenvalue weighted by atomic mass is 10.2. The highest BCUT2D eigenvalue weighted by Crippen LogP contribution is 2.26. The van der Waals surface area contributed by atoms with E-state index in [0.717, 1.165) is 11.1 Å². The number of hydrogen-bond acceptors (Lipinski definition) is 5.